The van der Waals surface area contributed by atoms with E-state index >= 15 is 0 Å². The van der Waals surface area contributed by atoms with Gasteiger partial charge in [-0.1, -0.05) is 18.7 Å². The van der Waals surface area contributed by atoms with Crippen molar-refractivity contribution in [3.05, 3.63) is 37.5 Å². The van der Waals surface area contributed by atoms with Crippen molar-refractivity contribution in [1.82, 2.24) is 0 Å². The number of halogens is 3. The van der Waals surface area contributed by atoms with Gasteiger partial charge in [-0.05, 0) is 18.9 Å². The molecule has 0 spiro atoms. The van der Waals surface area contributed by atoms with Crippen molar-refractivity contribution in [2.24, 2.45) is 0 Å². The summed E-state index contributed by atoms with van der Waals surface area (Å²) in [5, 5.41) is 0. The van der Waals surface area contributed by atoms with Crippen molar-refractivity contribution < 1.29 is 22.6 Å². The molecule has 0 aliphatic carbocycles. The van der Waals surface area contributed by atoms with Gasteiger partial charge in [-0.15, -0.1) is 13.2 Å². The maximum absolute atomic E-state index is 14.2. The van der Waals surface area contributed by atoms with Gasteiger partial charge in [0, 0.05) is 6.42 Å². The van der Waals surface area contributed by atoms with Gasteiger partial charge in [0.25, 0.3) is 0 Å². The van der Waals surface area contributed by atoms with E-state index in [2.05, 4.69) is 24.5 Å². The molecule has 1 atom stereocenters. The van der Waals surface area contributed by atoms with Crippen LogP contribution in [0.2, 0.25) is 0 Å². The highest BCUT2D eigenvalue weighted by Crippen LogP contribution is 2.41. The van der Waals surface area contributed by atoms with E-state index in [1.165, 1.54) is 19.1 Å². The van der Waals surface area contributed by atoms with Gasteiger partial charge in [-0.2, -0.15) is 8.78 Å². The largest absolute Gasteiger partial charge is 0.388 e. The molecule has 0 aliphatic rings. The van der Waals surface area contributed by atoms with Crippen LogP contribution < -0.4 is 0 Å². The topological polar surface area (TPSA) is 18.5 Å². The lowest BCUT2D eigenvalue weighted by atomic mass is 9.90. The van der Waals surface area contributed by atoms with Gasteiger partial charge >= 0.3 is 6.11 Å². The average molecular weight is 278 g/mol. The van der Waals surface area contributed by atoms with E-state index in [-0.39, 0.29) is 25.0 Å². The zero-order chi connectivity index (χ0) is 14.9. The number of hydrogen-bond acceptors (Lipinski definition) is 2. The highest BCUT2D eigenvalue weighted by Gasteiger charge is 2.56. The van der Waals surface area contributed by atoms with Gasteiger partial charge in [0.15, 0.2) is 5.60 Å². The SMILES string of the molecule is C=CCOC(CC=C)(C(=C)C)C(F)(F)OCCCF. The summed E-state index contributed by atoms with van der Waals surface area (Å²) in [6, 6.07) is 0. The zero-order valence-corrected chi connectivity index (χ0v) is 11.3. The van der Waals surface area contributed by atoms with Crippen LogP contribution in [0.5, 0.6) is 0 Å². The summed E-state index contributed by atoms with van der Waals surface area (Å²) in [5.74, 6) is 0. The molecule has 0 saturated heterocycles. The fourth-order valence-corrected chi connectivity index (χ4v) is 1.58. The van der Waals surface area contributed by atoms with Crippen LogP contribution in [0.15, 0.2) is 37.5 Å². The normalized spacial score (nSPS) is 14.7. The van der Waals surface area contributed by atoms with Crippen LogP contribution >= 0.6 is 0 Å². The average Bonchev–Trinajstić information content (AvgIpc) is 2.34. The van der Waals surface area contributed by atoms with Crippen molar-refractivity contribution in [1.29, 1.82) is 0 Å². The molecule has 0 rings (SSSR count). The van der Waals surface area contributed by atoms with E-state index in [0.717, 1.165) is 0 Å². The molecule has 1 unspecified atom stereocenters. The van der Waals surface area contributed by atoms with Crippen molar-refractivity contribution in [3.63, 3.8) is 0 Å². The van der Waals surface area contributed by atoms with Crippen molar-refractivity contribution >= 4 is 0 Å². The third kappa shape index (κ3) is 4.51. The molecule has 0 radical (unpaired) electrons. The van der Waals surface area contributed by atoms with Gasteiger partial charge in [0.1, 0.15) is 0 Å². The Bertz CT molecular complexity index is 316. The van der Waals surface area contributed by atoms with Crippen LogP contribution in [0.25, 0.3) is 0 Å². The Hall–Kier alpha value is -1.07. The van der Waals surface area contributed by atoms with E-state index in [0.29, 0.717) is 0 Å². The van der Waals surface area contributed by atoms with E-state index in [9.17, 15) is 13.2 Å². The molecule has 0 bridgehead atoms. The molecule has 5 heteroatoms. The molecule has 0 fully saturated rings. The molecule has 0 heterocycles. The maximum atomic E-state index is 14.2. The predicted molar refractivity (Wildman–Crippen MR) is 70.0 cm³/mol. The summed E-state index contributed by atoms with van der Waals surface area (Å²) in [7, 11) is 0. The lowest BCUT2D eigenvalue weighted by Crippen LogP contribution is -2.52. The minimum Gasteiger partial charge on any atom is -0.357 e. The Kier molecular flexibility index (Phi) is 7.71. The molecule has 19 heavy (non-hydrogen) atoms. The summed E-state index contributed by atoms with van der Waals surface area (Å²) in [6.45, 7) is 10.7. The number of ether oxygens (including phenoxy) is 2. The second-order valence-electron chi connectivity index (χ2n) is 4.11. The van der Waals surface area contributed by atoms with Gasteiger partial charge in [0.2, 0.25) is 0 Å². The highest BCUT2D eigenvalue weighted by molar-refractivity contribution is 5.17. The molecule has 0 aliphatic heterocycles. The maximum Gasteiger partial charge on any atom is 0.388 e. The van der Waals surface area contributed by atoms with Crippen LogP contribution in [0.1, 0.15) is 19.8 Å². The summed E-state index contributed by atoms with van der Waals surface area (Å²) >= 11 is 0. The van der Waals surface area contributed by atoms with Gasteiger partial charge in [0.05, 0.1) is 19.9 Å². The molecule has 110 valence electrons. The molecular formula is C14H21F3O2. The van der Waals surface area contributed by atoms with Crippen LogP contribution in [0.4, 0.5) is 13.2 Å². The molecule has 0 aromatic carbocycles. The van der Waals surface area contributed by atoms with Crippen LogP contribution in [-0.4, -0.2) is 31.6 Å². The summed E-state index contributed by atoms with van der Waals surface area (Å²) < 4.78 is 50.1. The van der Waals surface area contributed by atoms with E-state index in [4.69, 9.17) is 4.74 Å². The second kappa shape index (κ2) is 8.17. The molecule has 0 aromatic heterocycles. The standard InChI is InChI=1S/C14H21F3O2/c1-5-8-13(12(3)4,18-10-6-2)14(16,17)19-11-7-9-15/h5-6H,1-3,7-11H2,4H3. The first kappa shape index (κ1) is 17.9. The Morgan fingerprint density at radius 1 is 1.21 bits per heavy atom. The Labute approximate surface area is 112 Å². The summed E-state index contributed by atoms with van der Waals surface area (Å²) in [4.78, 5) is 0. The third-order valence-corrected chi connectivity index (χ3v) is 2.60. The zero-order valence-electron chi connectivity index (χ0n) is 11.3. The Balaban J connectivity index is 5.19. The van der Waals surface area contributed by atoms with Crippen LogP contribution in [0, 0.1) is 0 Å². The summed E-state index contributed by atoms with van der Waals surface area (Å²) in [6.07, 6.45) is -1.22. The molecule has 2 nitrogen and oxygen atoms in total. The monoisotopic (exact) mass is 278 g/mol. The summed E-state index contributed by atoms with van der Waals surface area (Å²) in [5.41, 5.74) is -1.90. The lowest BCUT2D eigenvalue weighted by Gasteiger charge is -2.39. The van der Waals surface area contributed by atoms with Gasteiger partial charge < -0.3 is 9.47 Å². The highest BCUT2D eigenvalue weighted by atomic mass is 19.3. The third-order valence-electron chi connectivity index (χ3n) is 2.60. The van der Waals surface area contributed by atoms with Crippen molar-refractivity contribution in [2.45, 2.75) is 31.5 Å². The Morgan fingerprint density at radius 3 is 2.26 bits per heavy atom. The number of rotatable bonds is 11. The molecule has 0 saturated carbocycles. The fourth-order valence-electron chi connectivity index (χ4n) is 1.58. The fraction of sp³-hybridized carbons (Fsp3) is 0.571. The number of alkyl halides is 3. The lowest BCUT2D eigenvalue weighted by molar-refractivity contribution is -0.326. The minimum atomic E-state index is -3.62. The van der Waals surface area contributed by atoms with Gasteiger partial charge in [-0.3, -0.25) is 4.39 Å². The molecule has 0 aromatic rings. The predicted octanol–water partition coefficient (Wildman–Crippen LogP) is 4.05. The first-order valence-corrected chi connectivity index (χ1v) is 5.97. The minimum absolute atomic E-state index is 0.0806. The van der Waals surface area contributed by atoms with Gasteiger partial charge in [-0.25, -0.2) is 0 Å². The van der Waals surface area contributed by atoms with E-state index in [1.54, 1.807) is 0 Å². The smallest absolute Gasteiger partial charge is 0.357 e. The first-order valence-electron chi connectivity index (χ1n) is 5.97. The van der Waals surface area contributed by atoms with Crippen LogP contribution in [0.3, 0.4) is 0 Å². The second-order valence-corrected chi connectivity index (χ2v) is 4.11. The quantitative estimate of drug-likeness (QED) is 0.419. The molecular weight excluding hydrogens is 257 g/mol. The van der Waals surface area contributed by atoms with Crippen molar-refractivity contribution in [2.75, 3.05) is 19.9 Å². The Morgan fingerprint density at radius 2 is 1.84 bits per heavy atom. The number of hydrogen-bond donors (Lipinski definition) is 0. The van der Waals surface area contributed by atoms with E-state index in [1.807, 2.05) is 0 Å². The van der Waals surface area contributed by atoms with Crippen molar-refractivity contribution in [3.8, 4) is 0 Å². The van der Waals surface area contributed by atoms with Crippen LogP contribution in [-0.2, 0) is 9.47 Å². The van der Waals surface area contributed by atoms with E-state index < -0.39 is 25.0 Å². The molecule has 0 N–H and O–H groups in total. The molecule has 0 amide bonds. The first-order chi connectivity index (χ1) is 8.88.